The summed E-state index contributed by atoms with van der Waals surface area (Å²) in [6.07, 6.45) is 3.80. The number of hydrogen-bond acceptors (Lipinski definition) is 5. The van der Waals surface area contributed by atoms with Gasteiger partial charge in [0, 0.05) is 24.8 Å². The van der Waals surface area contributed by atoms with Gasteiger partial charge in [0.25, 0.3) is 0 Å². The van der Waals surface area contributed by atoms with Crippen LogP contribution in [-0.2, 0) is 25.5 Å². The lowest BCUT2D eigenvalue weighted by Crippen LogP contribution is -2.45. The van der Waals surface area contributed by atoms with Gasteiger partial charge in [0.15, 0.2) is 6.04 Å². The number of nitrogens with one attached hydrogen (secondary N) is 2. The van der Waals surface area contributed by atoms with Crippen LogP contribution in [-0.4, -0.2) is 30.4 Å². The number of benzene rings is 1. The van der Waals surface area contributed by atoms with E-state index in [2.05, 4.69) is 10.6 Å². The highest BCUT2D eigenvalue weighted by molar-refractivity contribution is 5.85. The first-order chi connectivity index (χ1) is 13.5. The first-order valence-corrected chi connectivity index (χ1v) is 9.27. The minimum absolute atomic E-state index is 0.0244. The van der Waals surface area contributed by atoms with E-state index in [-0.39, 0.29) is 18.2 Å². The zero-order valence-electron chi connectivity index (χ0n) is 15.8. The fourth-order valence-electron chi connectivity index (χ4n) is 3.56. The van der Waals surface area contributed by atoms with Crippen LogP contribution in [0.15, 0.2) is 53.1 Å². The number of carbonyl (C=O) groups is 3. The highest BCUT2D eigenvalue weighted by atomic mass is 16.5. The van der Waals surface area contributed by atoms with Crippen molar-refractivity contribution >= 4 is 17.8 Å². The van der Waals surface area contributed by atoms with Crippen molar-refractivity contribution in [1.29, 1.82) is 0 Å². The first kappa shape index (κ1) is 19.7. The number of hydrogen-bond donors (Lipinski definition) is 2. The molecule has 7 nitrogen and oxygen atoms in total. The molecule has 3 rings (SSSR count). The van der Waals surface area contributed by atoms with Crippen molar-refractivity contribution in [3.05, 3.63) is 60.1 Å². The van der Waals surface area contributed by atoms with Crippen LogP contribution in [0.5, 0.6) is 0 Å². The third-order valence-electron chi connectivity index (χ3n) is 5.03. The molecule has 1 fully saturated rings. The number of furan rings is 1. The number of methoxy groups -OCH3 is 1. The van der Waals surface area contributed by atoms with Crippen LogP contribution in [0.4, 0.5) is 0 Å². The lowest BCUT2D eigenvalue weighted by atomic mass is 9.87. The lowest BCUT2D eigenvalue weighted by molar-refractivity contribution is -0.145. The molecular weight excluding hydrogens is 360 g/mol. The predicted octanol–water partition coefficient (Wildman–Crippen LogP) is 2.28. The number of rotatable bonds is 8. The Balaban J connectivity index is 1.65. The summed E-state index contributed by atoms with van der Waals surface area (Å²) >= 11 is 0. The molecule has 2 unspecified atom stereocenters. The van der Waals surface area contributed by atoms with Crippen LogP contribution in [0.3, 0.4) is 0 Å². The van der Waals surface area contributed by atoms with Crippen LogP contribution in [0, 0.1) is 0 Å². The number of esters is 1. The molecule has 1 aromatic heterocycles. The van der Waals surface area contributed by atoms with Crippen molar-refractivity contribution < 1.29 is 23.5 Å². The first-order valence-electron chi connectivity index (χ1n) is 9.27. The van der Waals surface area contributed by atoms with E-state index < -0.39 is 17.6 Å². The summed E-state index contributed by atoms with van der Waals surface area (Å²) in [6, 6.07) is 11.7. The van der Waals surface area contributed by atoms with E-state index in [4.69, 9.17) is 9.15 Å². The zero-order chi connectivity index (χ0) is 20.0. The van der Waals surface area contributed by atoms with Crippen LogP contribution in [0.2, 0.25) is 0 Å². The molecule has 0 aliphatic carbocycles. The maximum absolute atomic E-state index is 12.6. The largest absolute Gasteiger partial charge is 0.469 e. The quantitative estimate of drug-likeness (QED) is 0.681. The molecule has 2 N–H and O–H groups in total. The van der Waals surface area contributed by atoms with Gasteiger partial charge in [-0.1, -0.05) is 30.3 Å². The number of carbonyl (C=O) groups excluding carboxylic acids is 3. The molecule has 2 amide bonds. The van der Waals surface area contributed by atoms with Crippen molar-refractivity contribution in [2.45, 2.75) is 43.7 Å². The van der Waals surface area contributed by atoms with Crippen molar-refractivity contribution in [1.82, 2.24) is 10.6 Å². The molecule has 2 atom stereocenters. The Bertz CT molecular complexity index is 819. The molecule has 1 saturated heterocycles. The standard InChI is InChI=1S/C21H24N2O5/c1-27-20(26)19(15-6-3-2-4-7-15)22-17(24)9-11-21(12-10-18(25)23-21)14-16-8-5-13-28-16/h2-8,13,19H,9-12,14H2,1H3,(H,22,24)(H,23,25). The molecule has 1 aliphatic heterocycles. The predicted molar refractivity (Wildman–Crippen MR) is 101 cm³/mol. The summed E-state index contributed by atoms with van der Waals surface area (Å²) in [5.41, 5.74) is 0.141. The highest BCUT2D eigenvalue weighted by Gasteiger charge is 2.39. The van der Waals surface area contributed by atoms with E-state index in [0.717, 1.165) is 5.76 Å². The fourth-order valence-corrected chi connectivity index (χ4v) is 3.56. The van der Waals surface area contributed by atoms with E-state index in [1.807, 2.05) is 12.1 Å². The minimum atomic E-state index is -0.863. The van der Waals surface area contributed by atoms with Crippen LogP contribution in [0.1, 0.15) is 43.0 Å². The Morgan fingerprint density at radius 2 is 2.04 bits per heavy atom. The Hall–Kier alpha value is -3.09. The van der Waals surface area contributed by atoms with Crippen LogP contribution < -0.4 is 10.6 Å². The van der Waals surface area contributed by atoms with Gasteiger partial charge in [0.2, 0.25) is 11.8 Å². The number of ether oxygens (including phenoxy) is 1. The molecule has 148 valence electrons. The van der Waals surface area contributed by atoms with Gasteiger partial charge in [0.05, 0.1) is 13.4 Å². The maximum atomic E-state index is 12.6. The van der Waals surface area contributed by atoms with Crippen molar-refractivity contribution in [2.75, 3.05) is 7.11 Å². The van der Waals surface area contributed by atoms with Crippen LogP contribution in [0.25, 0.3) is 0 Å². The molecule has 2 heterocycles. The van der Waals surface area contributed by atoms with E-state index in [9.17, 15) is 14.4 Å². The summed E-state index contributed by atoms with van der Waals surface area (Å²) in [7, 11) is 1.29. The summed E-state index contributed by atoms with van der Waals surface area (Å²) in [4.78, 5) is 36.5. The molecule has 28 heavy (non-hydrogen) atoms. The van der Waals surface area contributed by atoms with Gasteiger partial charge in [-0.15, -0.1) is 0 Å². The van der Waals surface area contributed by atoms with Crippen molar-refractivity contribution in [2.24, 2.45) is 0 Å². The normalized spacial score (nSPS) is 19.7. The van der Waals surface area contributed by atoms with Gasteiger partial charge in [-0.05, 0) is 30.5 Å². The molecule has 0 saturated carbocycles. The average Bonchev–Trinajstić information content (AvgIpc) is 3.35. The summed E-state index contributed by atoms with van der Waals surface area (Å²) in [5.74, 6) is -0.0683. The van der Waals surface area contributed by atoms with Gasteiger partial charge in [-0.2, -0.15) is 0 Å². The Morgan fingerprint density at radius 1 is 1.25 bits per heavy atom. The molecule has 2 aromatic rings. The van der Waals surface area contributed by atoms with Gasteiger partial charge in [-0.3, -0.25) is 9.59 Å². The SMILES string of the molecule is COC(=O)C(NC(=O)CCC1(Cc2ccco2)CCC(=O)N1)c1ccccc1. The van der Waals surface area contributed by atoms with E-state index in [1.54, 1.807) is 36.6 Å². The third kappa shape index (κ3) is 4.79. The second kappa shape index (κ2) is 8.73. The van der Waals surface area contributed by atoms with E-state index in [0.29, 0.717) is 31.2 Å². The maximum Gasteiger partial charge on any atom is 0.333 e. The monoisotopic (exact) mass is 384 g/mol. The fraction of sp³-hybridized carbons (Fsp3) is 0.381. The molecular formula is C21H24N2O5. The zero-order valence-corrected chi connectivity index (χ0v) is 15.8. The minimum Gasteiger partial charge on any atom is -0.469 e. The smallest absolute Gasteiger partial charge is 0.333 e. The van der Waals surface area contributed by atoms with Crippen molar-refractivity contribution in [3.63, 3.8) is 0 Å². The Morgan fingerprint density at radius 3 is 2.64 bits per heavy atom. The van der Waals surface area contributed by atoms with E-state index >= 15 is 0 Å². The topological polar surface area (TPSA) is 97.6 Å². The van der Waals surface area contributed by atoms with Crippen LogP contribution >= 0.6 is 0 Å². The van der Waals surface area contributed by atoms with Gasteiger partial charge in [0.1, 0.15) is 5.76 Å². The molecule has 1 aliphatic rings. The third-order valence-corrected chi connectivity index (χ3v) is 5.03. The highest BCUT2D eigenvalue weighted by Crippen LogP contribution is 2.30. The number of amides is 2. The summed E-state index contributed by atoms with van der Waals surface area (Å²) in [6.45, 7) is 0. The molecule has 0 bridgehead atoms. The van der Waals surface area contributed by atoms with E-state index in [1.165, 1.54) is 7.11 Å². The second-order valence-corrected chi connectivity index (χ2v) is 7.02. The lowest BCUT2D eigenvalue weighted by Gasteiger charge is -2.28. The average molecular weight is 384 g/mol. The molecule has 0 radical (unpaired) electrons. The Labute approximate surface area is 163 Å². The summed E-state index contributed by atoms with van der Waals surface area (Å²) in [5, 5.41) is 5.76. The Kier molecular flexibility index (Phi) is 6.13. The summed E-state index contributed by atoms with van der Waals surface area (Å²) < 4.78 is 10.2. The molecule has 1 aromatic carbocycles. The van der Waals surface area contributed by atoms with Crippen molar-refractivity contribution in [3.8, 4) is 0 Å². The van der Waals surface area contributed by atoms with Gasteiger partial charge < -0.3 is 19.8 Å². The molecule has 0 spiro atoms. The second-order valence-electron chi connectivity index (χ2n) is 7.02. The van der Waals surface area contributed by atoms with Gasteiger partial charge in [-0.25, -0.2) is 4.79 Å². The van der Waals surface area contributed by atoms with Gasteiger partial charge >= 0.3 is 5.97 Å². The molecule has 7 heteroatoms.